The van der Waals surface area contributed by atoms with Gasteiger partial charge in [0.15, 0.2) is 0 Å². The number of rotatable bonds is 2. The zero-order valence-corrected chi connectivity index (χ0v) is 24.1. The highest BCUT2D eigenvalue weighted by Crippen LogP contribution is 2.62. The molecule has 1 aliphatic carbocycles. The molecule has 5 heteroatoms. The topological polar surface area (TPSA) is 59.8 Å². The zero-order valence-electron chi connectivity index (χ0n) is 24.1. The molecule has 1 amide bonds. The summed E-state index contributed by atoms with van der Waals surface area (Å²) in [6.07, 6.45) is -0.448. The van der Waals surface area contributed by atoms with Gasteiger partial charge in [0.2, 0.25) is 5.43 Å². The molecule has 0 atom stereocenters. The number of ether oxygens (including phenoxy) is 1. The van der Waals surface area contributed by atoms with Crippen LogP contribution < -0.4 is 10.3 Å². The summed E-state index contributed by atoms with van der Waals surface area (Å²) >= 11 is 0. The molecule has 0 saturated carbocycles. The van der Waals surface area contributed by atoms with Gasteiger partial charge in [0.25, 0.3) is 0 Å². The quantitative estimate of drug-likeness (QED) is 0.191. The molecule has 45 heavy (non-hydrogen) atoms. The van der Waals surface area contributed by atoms with Crippen LogP contribution in [0.25, 0.3) is 33.1 Å². The van der Waals surface area contributed by atoms with Gasteiger partial charge in [-0.3, -0.25) is 4.79 Å². The number of anilines is 2. The van der Waals surface area contributed by atoms with E-state index in [1.165, 1.54) is 0 Å². The van der Waals surface area contributed by atoms with Crippen LogP contribution in [0, 0.1) is 0 Å². The summed E-state index contributed by atoms with van der Waals surface area (Å²) in [5.41, 5.74) is 8.70. The van der Waals surface area contributed by atoms with Crippen molar-refractivity contribution in [2.75, 3.05) is 4.90 Å². The van der Waals surface area contributed by atoms with Crippen LogP contribution in [0.4, 0.5) is 16.2 Å². The van der Waals surface area contributed by atoms with Crippen molar-refractivity contribution in [3.63, 3.8) is 0 Å². The number of hydrogen-bond acceptors (Lipinski definition) is 4. The summed E-state index contributed by atoms with van der Waals surface area (Å²) in [6, 6.07) is 45.5. The molecule has 0 fully saturated rings. The van der Waals surface area contributed by atoms with Gasteiger partial charge in [-0.25, -0.2) is 9.69 Å². The van der Waals surface area contributed by atoms with E-state index >= 15 is 0 Å². The summed E-state index contributed by atoms with van der Waals surface area (Å²) in [7, 11) is 0. The fraction of sp³-hybridized carbons (Fsp3) is 0.0500. The van der Waals surface area contributed by atoms with Gasteiger partial charge in [-0.05, 0) is 75.3 Å². The molecule has 0 unspecified atom stereocenters. The predicted octanol–water partition coefficient (Wildman–Crippen LogP) is 9.10. The normalized spacial score (nSPS) is 13.7. The van der Waals surface area contributed by atoms with E-state index in [2.05, 4.69) is 30.3 Å². The van der Waals surface area contributed by atoms with Crippen molar-refractivity contribution in [3.05, 3.63) is 178 Å². The summed E-state index contributed by atoms with van der Waals surface area (Å²) in [5.74, 6) is 0. The van der Waals surface area contributed by atoms with Crippen molar-refractivity contribution in [2.24, 2.45) is 0 Å². The van der Waals surface area contributed by atoms with E-state index in [9.17, 15) is 9.59 Å². The average molecular weight is 584 g/mol. The first kappa shape index (κ1) is 25.5. The highest BCUT2D eigenvalue weighted by atomic mass is 16.6. The van der Waals surface area contributed by atoms with E-state index in [1.807, 2.05) is 109 Å². The van der Waals surface area contributed by atoms with E-state index < -0.39 is 11.5 Å². The first-order valence-electron chi connectivity index (χ1n) is 15.0. The second-order valence-corrected chi connectivity index (χ2v) is 11.5. The lowest BCUT2D eigenvalue weighted by Gasteiger charge is -2.43. The maximum absolute atomic E-state index is 14.0. The molecule has 2 heterocycles. The molecule has 1 aromatic heterocycles. The maximum Gasteiger partial charge on any atom is 0.419 e. The maximum atomic E-state index is 14.0. The molecule has 9 rings (SSSR count). The van der Waals surface area contributed by atoms with Crippen LogP contribution in [0.2, 0.25) is 0 Å². The second kappa shape index (κ2) is 9.53. The van der Waals surface area contributed by atoms with Gasteiger partial charge < -0.3 is 9.15 Å². The molecule has 7 aromatic rings. The summed E-state index contributed by atoms with van der Waals surface area (Å²) in [6.45, 7) is 0.163. The van der Waals surface area contributed by atoms with E-state index in [-0.39, 0.29) is 12.0 Å². The molecule has 0 N–H and O–H groups in total. The van der Waals surface area contributed by atoms with Crippen LogP contribution in [-0.2, 0) is 16.8 Å². The first-order chi connectivity index (χ1) is 22.2. The molecular weight excluding hydrogens is 558 g/mol. The standard InChI is InChI=1S/C40H25NO4/c42-38-27-15-5-11-21-36(27)45-37-23-33-28(22-29(37)38)26-14-4-6-16-30(26)40(33)31-17-7-9-19-34(31)41(35-20-10-8-18-32(35)40)39(43)44-24-25-12-2-1-3-13-25/h1-23H,24H2. The van der Waals surface area contributed by atoms with Crippen molar-refractivity contribution in [1.29, 1.82) is 0 Å². The van der Waals surface area contributed by atoms with Crippen molar-refractivity contribution < 1.29 is 13.9 Å². The second-order valence-electron chi connectivity index (χ2n) is 11.5. The van der Waals surface area contributed by atoms with Gasteiger partial charge in [-0.2, -0.15) is 0 Å². The number of nitrogens with zero attached hydrogens (tertiary/aromatic N) is 1. The Labute approximate surface area is 258 Å². The molecule has 214 valence electrons. The molecule has 5 nitrogen and oxygen atoms in total. The van der Waals surface area contributed by atoms with Crippen LogP contribution in [0.3, 0.4) is 0 Å². The monoisotopic (exact) mass is 583 g/mol. The number of para-hydroxylation sites is 3. The minimum absolute atomic E-state index is 0.0511. The number of hydrogen-bond donors (Lipinski definition) is 0. The van der Waals surface area contributed by atoms with Crippen LogP contribution in [0.1, 0.15) is 27.8 Å². The van der Waals surface area contributed by atoms with Crippen molar-refractivity contribution in [2.45, 2.75) is 12.0 Å². The smallest absolute Gasteiger partial charge is 0.419 e. The third kappa shape index (κ3) is 3.49. The van der Waals surface area contributed by atoms with Crippen molar-refractivity contribution in [1.82, 2.24) is 0 Å². The Morgan fingerprint density at radius 1 is 0.600 bits per heavy atom. The zero-order chi connectivity index (χ0) is 30.1. The van der Waals surface area contributed by atoms with E-state index in [1.54, 1.807) is 4.90 Å². The number of carbonyl (C=O) groups excluding carboxylic acids is 1. The molecule has 0 bridgehead atoms. The Morgan fingerprint density at radius 2 is 1.22 bits per heavy atom. The van der Waals surface area contributed by atoms with E-state index in [0.717, 1.165) is 50.3 Å². The summed E-state index contributed by atoms with van der Waals surface area (Å²) in [5, 5.41) is 1.10. The molecule has 0 radical (unpaired) electrons. The van der Waals surface area contributed by atoms with Crippen LogP contribution >= 0.6 is 0 Å². The molecule has 0 saturated heterocycles. The lowest BCUT2D eigenvalue weighted by atomic mass is 9.64. The summed E-state index contributed by atoms with van der Waals surface area (Å²) in [4.78, 5) is 29.4. The number of fused-ring (bicyclic) bond motifs is 11. The molecule has 6 aromatic carbocycles. The Balaban J connectivity index is 1.33. The molecule has 2 aliphatic rings. The minimum Gasteiger partial charge on any atom is -0.456 e. The predicted molar refractivity (Wildman–Crippen MR) is 176 cm³/mol. The Hall–Kier alpha value is -5.94. The average Bonchev–Trinajstić information content (AvgIpc) is 3.37. The van der Waals surface area contributed by atoms with Gasteiger partial charge in [-0.15, -0.1) is 0 Å². The Bertz CT molecular complexity index is 2340. The minimum atomic E-state index is -0.770. The largest absolute Gasteiger partial charge is 0.456 e. The summed E-state index contributed by atoms with van der Waals surface area (Å²) < 4.78 is 12.3. The van der Waals surface area contributed by atoms with Gasteiger partial charge >= 0.3 is 6.09 Å². The molecule has 1 aliphatic heterocycles. The third-order valence-corrected chi connectivity index (χ3v) is 9.23. The Kier molecular flexibility index (Phi) is 5.41. The fourth-order valence-corrected chi connectivity index (χ4v) is 7.38. The lowest BCUT2D eigenvalue weighted by Crippen LogP contribution is -2.40. The molecular formula is C40H25NO4. The SMILES string of the molecule is O=C(OCc1ccccc1)N1c2ccccc2C2(c3ccccc3-c3cc4c(=O)c5ccccc5oc4cc32)c2ccccc21. The third-order valence-electron chi connectivity index (χ3n) is 9.23. The van der Waals surface area contributed by atoms with Gasteiger partial charge in [0, 0.05) is 0 Å². The number of benzene rings is 6. The Morgan fingerprint density at radius 3 is 1.98 bits per heavy atom. The number of amides is 1. The van der Waals surface area contributed by atoms with Crippen LogP contribution in [0.5, 0.6) is 0 Å². The van der Waals surface area contributed by atoms with E-state index in [4.69, 9.17) is 9.15 Å². The fourth-order valence-electron chi connectivity index (χ4n) is 7.38. The van der Waals surface area contributed by atoms with Crippen molar-refractivity contribution >= 4 is 39.4 Å². The van der Waals surface area contributed by atoms with Gasteiger partial charge in [0.1, 0.15) is 17.8 Å². The van der Waals surface area contributed by atoms with Gasteiger partial charge in [0.05, 0.1) is 27.6 Å². The number of carbonyl (C=O) groups is 1. The van der Waals surface area contributed by atoms with Crippen LogP contribution in [0.15, 0.2) is 149 Å². The first-order valence-corrected chi connectivity index (χ1v) is 15.0. The van der Waals surface area contributed by atoms with Crippen LogP contribution in [-0.4, -0.2) is 6.09 Å². The van der Waals surface area contributed by atoms with Crippen molar-refractivity contribution in [3.8, 4) is 11.1 Å². The lowest BCUT2D eigenvalue weighted by molar-refractivity contribution is 0.149. The highest BCUT2D eigenvalue weighted by Gasteiger charge is 2.52. The van der Waals surface area contributed by atoms with E-state index in [0.29, 0.717) is 21.9 Å². The molecule has 1 spiro atoms. The van der Waals surface area contributed by atoms with Gasteiger partial charge in [-0.1, -0.05) is 103 Å². The highest BCUT2D eigenvalue weighted by molar-refractivity contribution is 6.05.